The summed E-state index contributed by atoms with van der Waals surface area (Å²) >= 11 is 6.14. The van der Waals surface area contributed by atoms with Gasteiger partial charge in [0, 0.05) is 18.7 Å². The largest absolute Gasteiger partial charge is 0.495 e. The maximum absolute atomic E-state index is 12.8. The first-order valence-corrected chi connectivity index (χ1v) is 15.3. The molecule has 0 atom stereocenters. The average molecular weight is 580 g/mol. The molecule has 0 aromatic heterocycles. The number of aryl methyl sites for hydroxylation is 2. The summed E-state index contributed by atoms with van der Waals surface area (Å²) in [5.41, 5.74) is 2.93. The van der Waals surface area contributed by atoms with E-state index in [4.69, 9.17) is 16.3 Å². The van der Waals surface area contributed by atoms with Crippen LogP contribution in [0.3, 0.4) is 0 Å². The number of halogens is 1. The summed E-state index contributed by atoms with van der Waals surface area (Å²) in [4.78, 5) is 12.5. The third-order valence-corrected chi connectivity index (χ3v) is 8.61. The normalized spacial score (nSPS) is 11.6. The Kier molecular flexibility index (Phi) is 9.29. The lowest BCUT2D eigenvalue weighted by Crippen LogP contribution is -2.31. The van der Waals surface area contributed by atoms with Crippen molar-refractivity contribution in [1.29, 1.82) is 0 Å². The molecule has 0 fully saturated rings. The van der Waals surface area contributed by atoms with Crippen molar-refractivity contribution in [2.24, 2.45) is 0 Å². The molecule has 204 valence electrons. The smallest absolute Gasteiger partial charge is 0.261 e. The number of para-hydroxylation sites is 1. The van der Waals surface area contributed by atoms with Gasteiger partial charge in [-0.05, 0) is 73.9 Å². The molecule has 3 aromatic carbocycles. The van der Waals surface area contributed by atoms with Gasteiger partial charge in [0.15, 0.2) is 0 Å². The second kappa shape index (κ2) is 12.1. The van der Waals surface area contributed by atoms with Crippen molar-refractivity contribution in [2.75, 3.05) is 34.3 Å². The fraction of sp³-hybridized carbons (Fsp3) is 0.269. The first kappa shape index (κ1) is 29.3. The molecule has 0 bridgehead atoms. The number of benzene rings is 3. The third-order valence-electron chi connectivity index (χ3n) is 5.75. The highest BCUT2D eigenvalue weighted by atomic mass is 35.5. The quantitative estimate of drug-likeness (QED) is 0.331. The molecule has 0 saturated heterocycles. The Morgan fingerprint density at radius 2 is 1.61 bits per heavy atom. The van der Waals surface area contributed by atoms with Crippen molar-refractivity contribution in [2.45, 2.75) is 31.6 Å². The van der Waals surface area contributed by atoms with Crippen molar-refractivity contribution in [1.82, 2.24) is 0 Å². The standard InChI is InChI=1S/C26H30ClN3O6S2/c1-18-7-5-8-19(2)26(18)29-38(34,35)22-13-10-20(11-14-22)28-25(31)9-6-16-30(37(4,32)33)21-12-15-24(36-3)23(27)17-21/h5,7-8,10-15,17,29H,6,9,16H2,1-4H3,(H,28,31). The number of carbonyl (C=O) groups excluding carboxylic acids is 1. The SMILES string of the molecule is COc1ccc(N(CCCC(=O)Nc2ccc(S(=O)(=O)Nc3c(C)cccc3C)cc2)S(C)(=O)=O)cc1Cl. The van der Waals surface area contributed by atoms with Crippen LogP contribution in [-0.4, -0.2) is 42.7 Å². The van der Waals surface area contributed by atoms with E-state index in [9.17, 15) is 21.6 Å². The molecule has 0 radical (unpaired) electrons. The minimum absolute atomic E-state index is 0.0457. The van der Waals surface area contributed by atoms with Crippen LogP contribution in [0.15, 0.2) is 65.6 Å². The molecule has 0 unspecified atom stereocenters. The van der Waals surface area contributed by atoms with Crippen molar-refractivity contribution >= 4 is 54.6 Å². The van der Waals surface area contributed by atoms with Gasteiger partial charge in [-0.1, -0.05) is 29.8 Å². The topological polar surface area (TPSA) is 122 Å². The molecule has 38 heavy (non-hydrogen) atoms. The number of rotatable bonds is 11. The summed E-state index contributed by atoms with van der Waals surface area (Å²) in [7, 11) is -5.97. The number of nitrogens with one attached hydrogen (secondary N) is 2. The van der Waals surface area contributed by atoms with E-state index in [1.807, 2.05) is 32.0 Å². The van der Waals surface area contributed by atoms with Crippen molar-refractivity contribution in [3.05, 3.63) is 76.8 Å². The van der Waals surface area contributed by atoms with Crippen LogP contribution in [0.4, 0.5) is 17.1 Å². The lowest BCUT2D eigenvalue weighted by atomic mass is 10.1. The number of hydrogen-bond donors (Lipinski definition) is 2. The van der Waals surface area contributed by atoms with Gasteiger partial charge in [0.25, 0.3) is 10.0 Å². The number of sulfonamides is 2. The van der Waals surface area contributed by atoms with Gasteiger partial charge in [-0.3, -0.25) is 13.8 Å². The zero-order valence-electron chi connectivity index (χ0n) is 21.5. The van der Waals surface area contributed by atoms with E-state index in [1.165, 1.54) is 41.7 Å². The second-order valence-electron chi connectivity index (χ2n) is 8.70. The molecule has 0 aliphatic rings. The second-order valence-corrected chi connectivity index (χ2v) is 12.7. The predicted octanol–water partition coefficient (Wildman–Crippen LogP) is 4.95. The monoisotopic (exact) mass is 579 g/mol. The van der Waals surface area contributed by atoms with Crippen LogP contribution >= 0.6 is 11.6 Å². The average Bonchev–Trinajstić information content (AvgIpc) is 2.84. The summed E-state index contributed by atoms with van der Waals surface area (Å²) in [6, 6.07) is 16.0. The molecule has 0 aliphatic heterocycles. The van der Waals surface area contributed by atoms with Crippen LogP contribution in [0.2, 0.25) is 5.02 Å². The Morgan fingerprint density at radius 3 is 2.16 bits per heavy atom. The van der Waals surface area contributed by atoms with E-state index in [1.54, 1.807) is 12.1 Å². The molecular formula is C26H30ClN3O6S2. The van der Waals surface area contributed by atoms with Gasteiger partial charge in [0.1, 0.15) is 5.75 Å². The van der Waals surface area contributed by atoms with E-state index in [0.29, 0.717) is 22.8 Å². The van der Waals surface area contributed by atoms with Crippen molar-refractivity contribution in [3.8, 4) is 5.75 Å². The molecule has 3 aromatic rings. The summed E-state index contributed by atoms with van der Waals surface area (Å²) < 4.78 is 59.2. The first-order chi connectivity index (χ1) is 17.8. The van der Waals surface area contributed by atoms with E-state index in [2.05, 4.69) is 10.0 Å². The molecule has 0 saturated carbocycles. The number of ether oxygens (including phenoxy) is 1. The van der Waals surface area contributed by atoms with E-state index >= 15 is 0 Å². The van der Waals surface area contributed by atoms with Gasteiger partial charge >= 0.3 is 0 Å². The molecule has 1 amide bonds. The minimum Gasteiger partial charge on any atom is -0.495 e. The van der Waals surface area contributed by atoms with Crippen LogP contribution in [0.25, 0.3) is 0 Å². The van der Waals surface area contributed by atoms with Crippen LogP contribution in [0, 0.1) is 13.8 Å². The Bertz CT molecular complexity index is 1500. The summed E-state index contributed by atoms with van der Waals surface area (Å²) in [5.74, 6) is 0.0821. The van der Waals surface area contributed by atoms with Gasteiger partial charge in [-0.2, -0.15) is 0 Å². The Hall–Kier alpha value is -3.28. The first-order valence-electron chi connectivity index (χ1n) is 11.6. The van der Waals surface area contributed by atoms with E-state index in [0.717, 1.165) is 17.4 Å². The third kappa shape index (κ3) is 7.40. The van der Waals surface area contributed by atoms with E-state index in [-0.39, 0.29) is 35.2 Å². The number of amides is 1. The lowest BCUT2D eigenvalue weighted by Gasteiger charge is -2.23. The van der Waals surface area contributed by atoms with Crippen LogP contribution in [0.5, 0.6) is 5.75 Å². The Balaban J connectivity index is 1.60. The van der Waals surface area contributed by atoms with Crippen LogP contribution < -0.4 is 19.1 Å². The molecular weight excluding hydrogens is 550 g/mol. The maximum Gasteiger partial charge on any atom is 0.261 e. The van der Waals surface area contributed by atoms with Crippen LogP contribution in [0.1, 0.15) is 24.0 Å². The van der Waals surface area contributed by atoms with Crippen molar-refractivity contribution < 1.29 is 26.4 Å². The van der Waals surface area contributed by atoms with Gasteiger partial charge < -0.3 is 10.1 Å². The number of hydrogen-bond acceptors (Lipinski definition) is 6. The maximum atomic E-state index is 12.8. The van der Waals surface area contributed by atoms with Gasteiger partial charge in [-0.15, -0.1) is 0 Å². The highest BCUT2D eigenvalue weighted by Gasteiger charge is 2.20. The molecule has 12 heteroatoms. The molecule has 3 rings (SSSR count). The number of anilines is 3. The minimum atomic E-state index is -3.82. The highest BCUT2D eigenvalue weighted by molar-refractivity contribution is 7.92. The fourth-order valence-electron chi connectivity index (χ4n) is 3.79. The number of carbonyl (C=O) groups is 1. The number of nitrogens with zero attached hydrogens (tertiary/aromatic N) is 1. The summed E-state index contributed by atoms with van der Waals surface area (Å²) in [6.45, 7) is 3.71. The molecule has 9 nitrogen and oxygen atoms in total. The van der Waals surface area contributed by atoms with Crippen molar-refractivity contribution in [3.63, 3.8) is 0 Å². The Labute approximate surface area is 228 Å². The molecule has 0 heterocycles. The van der Waals surface area contributed by atoms with Crippen LogP contribution in [-0.2, 0) is 24.8 Å². The fourth-order valence-corrected chi connectivity index (χ4v) is 6.20. The van der Waals surface area contributed by atoms with Gasteiger partial charge in [0.05, 0.1) is 34.7 Å². The molecule has 0 spiro atoms. The zero-order valence-corrected chi connectivity index (χ0v) is 23.9. The molecule has 2 N–H and O–H groups in total. The lowest BCUT2D eigenvalue weighted by molar-refractivity contribution is -0.116. The number of methoxy groups -OCH3 is 1. The molecule has 0 aliphatic carbocycles. The predicted molar refractivity (Wildman–Crippen MR) is 151 cm³/mol. The van der Waals surface area contributed by atoms with Gasteiger partial charge in [-0.25, -0.2) is 16.8 Å². The summed E-state index contributed by atoms with van der Waals surface area (Å²) in [5, 5.41) is 2.97. The van der Waals surface area contributed by atoms with E-state index < -0.39 is 20.0 Å². The summed E-state index contributed by atoms with van der Waals surface area (Å²) in [6.07, 6.45) is 1.37. The Morgan fingerprint density at radius 1 is 0.974 bits per heavy atom. The zero-order chi connectivity index (χ0) is 28.1. The van der Waals surface area contributed by atoms with Gasteiger partial charge in [0.2, 0.25) is 15.9 Å². The highest BCUT2D eigenvalue weighted by Crippen LogP contribution is 2.30.